The second kappa shape index (κ2) is 7.77. The highest BCUT2D eigenvalue weighted by molar-refractivity contribution is 6.30. The van der Waals surface area contributed by atoms with Gasteiger partial charge in [-0.05, 0) is 24.6 Å². The first-order valence-corrected chi connectivity index (χ1v) is 5.65. The highest BCUT2D eigenvalue weighted by Gasteiger charge is 2.11. The molecule has 16 heavy (non-hydrogen) atoms. The van der Waals surface area contributed by atoms with Gasteiger partial charge in [0, 0.05) is 16.6 Å². The predicted molar refractivity (Wildman–Crippen MR) is 71.7 cm³/mol. The van der Waals surface area contributed by atoms with Crippen molar-refractivity contribution in [2.45, 2.75) is 32.2 Å². The average molecular weight is 264 g/mol. The zero-order valence-corrected chi connectivity index (χ0v) is 11.3. The van der Waals surface area contributed by atoms with Crippen molar-refractivity contribution in [1.29, 1.82) is 0 Å². The summed E-state index contributed by atoms with van der Waals surface area (Å²) in [5.74, 6) is 0.822. The van der Waals surface area contributed by atoms with Crippen LogP contribution in [0.4, 0.5) is 0 Å². The molecule has 4 heteroatoms. The molecule has 2 N–H and O–H groups in total. The van der Waals surface area contributed by atoms with Gasteiger partial charge in [-0.2, -0.15) is 0 Å². The van der Waals surface area contributed by atoms with Crippen molar-refractivity contribution >= 4 is 24.0 Å². The molecule has 0 amide bonds. The maximum atomic E-state index is 6.09. The summed E-state index contributed by atoms with van der Waals surface area (Å²) in [6, 6.07) is 5.58. The maximum Gasteiger partial charge on any atom is 0.123 e. The fourth-order valence-electron chi connectivity index (χ4n) is 1.57. The lowest BCUT2D eigenvalue weighted by Gasteiger charge is -2.15. The van der Waals surface area contributed by atoms with Gasteiger partial charge in [0.2, 0.25) is 0 Å². The van der Waals surface area contributed by atoms with Gasteiger partial charge in [0.05, 0.1) is 7.11 Å². The van der Waals surface area contributed by atoms with Crippen molar-refractivity contribution < 1.29 is 4.74 Å². The number of rotatable bonds is 5. The number of ether oxygens (including phenoxy) is 1. The van der Waals surface area contributed by atoms with Gasteiger partial charge < -0.3 is 10.5 Å². The van der Waals surface area contributed by atoms with Crippen molar-refractivity contribution in [3.8, 4) is 5.75 Å². The van der Waals surface area contributed by atoms with Crippen molar-refractivity contribution in [3.05, 3.63) is 28.8 Å². The summed E-state index contributed by atoms with van der Waals surface area (Å²) in [7, 11) is 1.65. The molecule has 1 aromatic carbocycles. The molecule has 0 saturated carbocycles. The zero-order chi connectivity index (χ0) is 11.3. The Bertz CT molecular complexity index is 318. The highest BCUT2D eigenvalue weighted by atomic mass is 35.5. The number of unbranched alkanes of at least 4 members (excludes halogenated alkanes) is 1. The Balaban J connectivity index is 0.00000225. The van der Waals surface area contributed by atoms with E-state index in [0.717, 1.165) is 30.6 Å². The SMILES string of the molecule is CCCC[C@@H](N)c1cc(Cl)ccc1OC.Cl. The number of nitrogens with two attached hydrogens (primary N) is 1. The lowest BCUT2D eigenvalue weighted by atomic mass is 10.0. The Morgan fingerprint density at radius 2 is 2.12 bits per heavy atom. The van der Waals surface area contributed by atoms with Gasteiger partial charge in [0.25, 0.3) is 0 Å². The van der Waals surface area contributed by atoms with E-state index < -0.39 is 0 Å². The van der Waals surface area contributed by atoms with Crippen LogP contribution in [0.25, 0.3) is 0 Å². The molecular formula is C12H19Cl2NO. The molecule has 1 rings (SSSR count). The number of hydrogen-bond acceptors (Lipinski definition) is 2. The van der Waals surface area contributed by atoms with E-state index in [0.29, 0.717) is 5.02 Å². The summed E-state index contributed by atoms with van der Waals surface area (Å²) >= 11 is 5.94. The Kier molecular flexibility index (Phi) is 7.56. The summed E-state index contributed by atoms with van der Waals surface area (Å²) < 4.78 is 5.26. The Hall–Kier alpha value is -0.440. The Labute approximate surface area is 109 Å². The van der Waals surface area contributed by atoms with Gasteiger partial charge in [0.1, 0.15) is 5.75 Å². The Morgan fingerprint density at radius 1 is 1.44 bits per heavy atom. The van der Waals surface area contributed by atoms with E-state index in [2.05, 4.69) is 6.92 Å². The molecule has 2 nitrogen and oxygen atoms in total. The van der Waals surface area contributed by atoms with Gasteiger partial charge in [-0.1, -0.05) is 31.4 Å². The van der Waals surface area contributed by atoms with Crippen LogP contribution in [0, 0.1) is 0 Å². The first-order chi connectivity index (χ1) is 7.19. The van der Waals surface area contributed by atoms with Crippen LogP contribution in [0.5, 0.6) is 5.75 Å². The number of hydrogen-bond donors (Lipinski definition) is 1. The van der Waals surface area contributed by atoms with Crippen molar-refractivity contribution in [2.75, 3.05) is 7.11 Å². The molecule has 0 fully saturated rings. The molecule has 0 aliphatic carbocycles. The maximum absolute atomic E-state index is 6.09. The van der Waals surface area contributed by atoms with Gasteiger partial charge in [-0.15, -0.1) is 12.4 Å². The lowest BCUT2D eigenvalue weighted by Crippen LogP contribution is -2.11. The third-order valence-electron chi connectivity index (χ3n) is 2.46. The summed E-state index contributed by atoms with van der Waals surface area (Å²) in [4.78, 5) is 0. The summed E-state index contributed by atoms with van der Waals surface area (Å²) in [5, 5.41) is 0.706. The summed E-state index contributed by atoms with van der Waals surface area (Å²) in [5.41, 5.74) is 7.09. The number of benzene rings is 1. The second-order valence-electron chi connectivity index (χ2n) is 3.63. The monoisotopic (exact) mass is 263 g/mol. The second-order valence-corrected chi connectivity index (χ2v) is 4.07. The highest BCUT2D eigenvalue weighted by Crippen LogP contribution is 2.29. The average Bonchev–Trinajstić information content (AvgIpc) is 2.25. The quantitative estimate of drug-likeness (QED) is 0.873. The number of halogens is 2. The van der Waals surface area contributed by atoms with Gasteiger partial charge >= 0.3 is 0 Å². The van der Waals surface area contributed by atoms with Crippen LogP contribution in [-0.4, -0.2) is 7.11 Å². The van der Waals surface area contributed by atoms with Gasteiger partial charge in [-0.3, -0.25) is 0 Å². The largest absolute Gasteiger partial charge is 0.496 e. The minimum absolute atomic E-state index is 0. The molecule has 0 aromatic heterocycles. The van der Waals surface area contributed by atoms with Crippen LogP contribution < -0.4 is 10.5 Å². The molecule has 0 spiro atoms. The van der Waals surface area contributed by atoms with E-state index in [4.69, 9.17) is 22.1 Å². The van der Waals surface area contributed by atoms with Crippen LogP contribution in [0.1, 0.15) is 37.8 Å². The van der Waals surface area contributed by atoms with Crippen LogP contribution in [0.2, 0.25) is 5.02 Å². The summed E-state index contributed by atoms with van der Waals surface area (Å²) in [6.07, 6.45) is 3.24. The fourth-order valence-corrected chi connectivity index (χ4v) is 1.76. The molecule has 1 atom stereocenters. The van der Waals surface area contributed by atoms with Crippen molar-refractivity contribution in [3.63, 3.8) is 0 Å². The van der Waals surface area contributed by atoms with E-state index in [1.54, 1.807) is 7.11 Å². The van der Waals surface area contributed by atoms with Crippen LogP contribution in [0.15, 0.2) is 18.2 Å². The number of methoxy groups -OCH3 is 1. The first-order valence-electron chi connectivity index (χ1n) is 5.28. The molecule has 0 saturated heterocycles. The first kappa shape index (κ1) is 15.6. The molecular weight excluding hydrogens is 245 g/mol. The topological polar surface area (TPSA) is 35.2 Å². The zero-order valence-electron chi connectivity index (χ0n) is 9.70. The molecule has 0 aliphatic heterocycles. The molecule has 0 radical (unpaired) electrons. The van der Waals surface area contributed by atoms with E-state index in [1.165, 1.54) is 0 Å². The van der Waals surface area contributed by atoms with E-state index in [9.17, 15) is 0 Å². The molecule has 0 aliphatic rings. The van der Waals surface area contributed by atoms with Crippen molar-refractivity contribution in [1.82, 2.24) is 0 Å². The fraction of sp³-hybridized carbons (Fsp3) is 0.500. The van der Waals surface area contributed by atoms with E-state index in [1.807, 2.05) is 18.2 Å². The Morgan fingerprint density at radius 3 is 2.69 bits per heavy atom. The summed E-state index contributed by atoms with van der Waals surface area (Å²) in [6.45, 7) is 2.15. The van der Waals surface area contributed by atoms with E-state index in [-0.39, 0.29) is 18.4 Å². The minimum atomic E-state index is 0. The molecule has 92 valence electrons. The van der Waals surface area contributed by atoms with Crippen molar-refractivity contribution in [2.24, 2.45) is 5.73 Å². The van der Waals surface area contributed by atoms with E-state index >= 15 is 0 Å². The van der Waals surface area contributed by atoms with Crippen LogP contribution >= 0.6 is 24.0 Å². The predicted octanol–water partition coefficient (Wildman–Crippen LogP) is 3.96. The van der Waals surface area contributed by atoms with Gasteiger partial charge in [0.15, 0.2) is 0 Å². The molecule has 0 heterocycles. The molecule has 1 aromatic rings. The van der Waals surface area contributed by atoms with Crippen LogP contribution in [-0.2, 0) is 0 Å². The normalized spacial score (nSPS) is 11.8. The third kappa shape index (κ3) is 4.20. The standard InChI is InChI=1S/C12H18ClNO.ClH/c1-3-4-5-11(14)10-8-9(13)6-7-12(10)15-2;/h6-8,11H,3-5,14H2,1-2H3;1H/t11-;/m1./s1. The lowest BCUT2D eigenvalue weighted by molar-refractivity contribution is 0.403. The van der Waals surface area contributed by atoms with Crippen LogP contribution in [0.3, 0.4) is 0 Å². The smallest absolute Gasteiger partial charge is 0.123 e. The molecule has 0 unspecified atom stereocenters. The molecule has 0 bridgehead atoms. The third-order valence-corrected chi connectivity index (χ3v) is 2.69. The van der Waals surface area contributed by atoms with Gasteiger partial charge in [-0.25, -0.2) is 0 Å². The minimum Gasteiger partial charge on any atom is -0.496 e.